The van der Waals surface area contributed by atoms with E-state index in [4.69, 9.17) is 14.3 Å². The Balaban J connectivity index is 1.43. The van der Waals surface area contributed by atoms with Crippen molar-refractivity contribution in [1.29, 1.82) is 0 Å². The van der Waals surface area contributed by atoms with E-state index in [1.165, 1.54) is 17.0 Å². The number of fused-ring (bicyclic) bond motifs is 2. The average molecular weight is 1070 g/mol. The number of carbonyl (C=O) groups excluding carboxylic acids is 4. The number of halogens is 12. The SMILES string of the molecule is O=C(Oc1cc2c(c(OC(=O)C(F)(F)F)c1OC(=O)C(F)(F)F)c(-c1cnc(OCc3ccccc3)nc1OCc1ccccc1)c(CN1CCN(c3cccc4[nH]ccc34)CC1)n2OC(=O)C(F)(F)F)C(F)(F)F. The van der Waals surface area contributed by atoms with E-state index in [2.05, 4.69) is 29.2 Å². The minimum Gasteiger partial charge on any atom is -0.472 e. The summed E-state index contributed by atoms with van der Waals surface area (Å²) in [6.07, 6.45) is -21.9. The van der Waals surface area contributed by atoms with E-state index in [1.807, 2.05) is 4.90 Å². The number of hydrogen-bond donors (Lipinski definition) is 1. The Morgan fingerprint density at radius 2 is 1.17 bits per heavy atom. The van der Waals surface area contributed by atoms with Gasteiger partial charge in [-0.15, -0.1) is 0 Å². The number of alkyl halides is 12. The van der Waals surface area contributed by atoms with Crippen molar-refractivity contribution in [2.24, 2.45) is 0 Å². The zero-order valence-electron chi connectivity index (χ0n) is 37.6. The third-order valence-corrected chi connectivity index (χ3v) is 11.0. The molecular formula is C47H32F12N6O10. The maximum atomic E-state index is 14.3. The molecule has 1 saturated heterocycles. The number of ether oxygens (including phenoxy) is 5. The largest absolute Gasteiger partial charge is 0.493 e. The van der Waals surface area contributed by atoms with Gasteiger partial charge in [-0.1, -0.05) is 66.7 Å². The van der Waals surface area contributed by atoms with Gasteiger partial charge in [0.15, 0.2) is 11.5 Å². The highest BCUT2D eigenvalue weighted by Crippen LogP contribution is 2.52. The van der Waals surface area contributed by atoms with E-state index in [0.717, 1.165) is 22.8 Å². The van der Waals surface area contributed by atoms with E-state index in [9.17, 15) is 71.9 Å². The summed E-state index contributed by atoms with van der Waals surface area (Å²) in [6, 6.07) is 22.7. The fourth-order valence-corrected chi connectivity index (χ4v) is 7.65. The van der Waals surface area contributed by atoms with Crippen molar-refractivity contribution in [3.63, 3.8) is 0 Å². The van der Waals surface area contributed by atoms with Crippen molar-refractivity contribution in [3.05, 3.63) is 120 Å². The van der Waals surface area contributed by atoms with Crippen LogP contribution in [-0.2, 0) is 38.9 Å². The Bertz CT molecular complexity index is 3260. The monoisotopic (exact) mass is 1070 g/mol. The first-order chi connectivity index (χ1) is 35.4. The van der Waals surface area contributed by atoms with Gasteiger partial charge in [-0.2, -0.15) is 62.4 Å². The van der Waals surface area contributed by atoms with Gasteiger partial charge < -0.3 is 38.4 Å². The topological polar surface area (TPSA) is 177 Å². The van der Waals surface area contributed by atoms with Gasteiger partial charge >= 0.3 is 54.6 Å². The number of aromatic nitrogens is 4. The molecule has 0 amide bonds. The lowest BCUT2D eigenvalue weighted by Crippen LogP contribution is -2.46. The number of rotatable bonds is 14. The summed E-state index contributed by atoms with van der Waals surface area (Å²) < 4.78 is 194. The smallest absolute Gasteiger partial charge is 0.472 e. The fourth-order valence-electron chi connectivity index (χ4n) is 7.65. The van der Waals surface area contributed by atoms with Crippen molar-refractivity contribution in [2.45, 2.75) is 44.5 Å². The molecule has 0 radical (unpaired) electrons. The van der Waals surface area contributed by atoms with Crippen LogP contribution < -0.4 is 33.4 Å². The predicted octanol–water partition coefficient (Wildman–Crippen LogP) is 8.98. The second-order valence-electron chi connectivity index (χ2n) is 16.0. The van der Waals surface area contributed by atoms with Gasteiger partial charge in [0.2, 0.25) is 11.6 Å². The van der Waals surface area contributed by atoms with Gasteiger partial charge in [-0.3, -0.25) is 4.90 Å². The third kappa shape index (κ3) is 12.0. The summed E-state index contributed by atoms with van der Waals surface area (Å²) in [6.45, 7) is -1.32. The normalized spacial score (nSPS) is 13.7. The third-order valence-electron chi connectivity index (χ3n) is 11.0. The maximum absolute atomic E-state index is 14.3. The molecule has 0 bridgehead atoms. The predicted molar refractivity (Wildman–Crippen MR) is 233 cm³/mol. The molecule has 0 saturated carbocycles. The second-order valence-corrected chi connectivity index (χ2v) is 16.0. The van der Waals surface area contributed by atoms with Gasteiger partial charge in [0, 0.05) is 73.3 Å². The highest BCUT2D eigenvalue weighted by Gasteiger charge is 2.49. The van der Waals surface area contributed by atoms with Crippen molar-refractivity contribution < 1.29 is 100 Å². The molecule has 0 unspecified atom stereocenters. The highest BCUT2D eigenvalue weighted by atomic mass is 19.4. The van der Waals surface area contributed by atoms with Crippen LogP contribution in [0.2, 0.25) is 0 Å². The lowest BCUT2D eigenvalue weighted by molar-refractivity contribution is -0.199. The first-order valence-electron chi connectivity index (χ1n) is 21.5. The molecular weight excluding hydrogens is 1040 g/mol. The van der Waals surface area contributed by atoms with E-state index >= 15 is 0 Å². The average Bonchev–Trinajstić information content (AvgIpc) is 3.96. The molecule has 16 nitrogen and oxygen atoms in total. The van der Waals surface area contributed by atoms with Crippen LogP contribution in [0.15, 0.2) is 103 Å². The number of carbonyl (C=O) groups is 4. The summed E-state index contributed by atoms with van der Waals surface area (Å²) in [5, 5.41) is -0.574. The number of esters is 3. The molecule has 4 heterocycles. The van der Waals surface area contributed by atoms with E-state index < -0.39 is 119 Å². The zero-order valence-corrected chi connectivity index (χ0v) is 37.6. The van der Waals surface area contributed by atoms with E-state index in [0.29, 0.717) is 11.1 Å². The molecule has 4 aromatic carbocycles. The van der Waals surface area contributed by atoms with Crippen LogP contribution in [0, 0.1) is 0 Å². The number of aromatic amines is 1. The van der Waals surface area contributed by atoms with Crippen molar-refractivity contribution >= 4 is 51.4 Å². The molecule has 8 rings (SSSR count). The minimum atomic E-state index is -6.17. The molecule has 394 valence electrons. The molecule has 7 aromatic rings. The number of hydrogen-bond acceptors (Lipinski definition) is 14. The Kier molecular flexibility index (Phi) is 14.6. The van der Waals surface area contributed by atoms with Gasteiger partial charge in [0.1, 0.15) is 13.2 Å². The molecule has 75 heavy (non-hydrogen) atoms. The molecule has 0 spiro atoms. The maximum Gasteiger partial charge on any atom is 0.493 e. The number of piperazine rings is 1. The van der Waals surface area contributed by atoms with Crippen LogP contribution in [-0.4, -0.2) is 99.3 Å². The van der Waals surface area contributed by atoms with Crippen LogP contribution in [0.4, 0.5) is 58.4 Å². The molecule has 1 aliphatic rings. The van der Waals surface area contributed by atoms with Crippen molar-refractivity contribution in [2.75, 3.05) is 31.1 Å². The van der Waals surface area contributed by atoms with Crippen LogP contribution in [0.5, 0.6) is 29.1 Å². The summed E-state index contributed by atoms with van der Waals surface area (Å²) in [5.74, 6) is -20.5. The molecule has 1 N–H and O–H groups in total. The van der Waals surface area contributed by atoms with E-state index in [1.54, 1.807) is 79.0 Å². The molecule has 1 fully saturated rings. The Labute approximate surface area is 411 Å². The highest BCUT2D eigenvalue weighted by molar-refractivity contribution is 6.07. The lowest BCUT2D eigenvalue weighted by atomic mass is 10.0. The van der Waals surface area contributed by atoms with Gasteiger partial charge in [-0.25, -0.2) is 24.2 Å². The minimum absolute atomic E-state index is 0.0439. The zero-order chi connectivity index (χ0) is 54.0. The molecule has 1 aliphatic heterocycles. The molecule has 0 atom stereocenters. The van der Waals surface area contributed by atoms with Crippen LogP contribution in [0.25, 0.3) is 32.9 Å². The van der Waals surface area contributed by atoms with Crippen LogP contribution in [0.3, 0.4) is 0 Å². The molecule has 0 aliphatic carbocycles. The standard InChI is InChI=1S/C47H32F12N6O10/c48-44(49,50)39(66)72-33-20-31-35(37(74-41(68)46(54,55)56)36(33)73-40(67)45(51,52)53)34(28-21-61-43(71-24-26-10-5-2-6-11-26)62-38(28)70-23-25-8-3-1-4-9-25)32(65(31)75-42(69)47(57,58)59)22-63-16-18-64(19-17-63)30-13-7-12-29-27(30)14-15-60-29/h1-15,20-21,60H,16-19,22-24H2. The van der Waals surface area contributed by atoms with Crippen LogP contribution in [0.1, 0.15) is 16.8 Å². The Morgan fingerprint density at radius 3 is 1.76 bits per heavy atom. The Hall–Kier alpha value is -8.56. The first-order valence-corrected chi connectivity index (χ1v) is 21.5. The second kappa shape index (κ2) is 20.7. The molecule has 3 aromatic heterocycles. The lowest BCUT2D eigenvalue weighted by Gasteiger charge is -2.36. The van der Waals surface area contributed by atoms with Gasteiger partial charge in [-0.05, 0) is 29.3 Å². The summed E-state index contributed by atoms with van der Waals surface area (Å²) >= 11 is 0. The first kappa shape index (κ1) is 52.8. The van der Waals surface area contributed by atoms with Gasteiger partial charge in [0.25, 0.3) is 0 Å². The number of nitrogens with zero attached hydrogens (tertiary/aromatic N) is 5. The summed E-state index contributed by atoms with van der Waals surface area (Å²) in [5.41, 5.74) is -1.37. The number of H-pyrrole nitrogens is 1. The number of anilines is 1. The fraction of sp³-hybridized carbons (Fsp3) is 0.234. The molecule has 28 heteroatoms. The van der Waals surface area contributed by atoms with Crippen molar-refractivity contribution in [3.8, 4) is 40.3 Å². The van der Waals surface area contributed by atoms with Crippen molar-refractivity contribution in [1.82, 2.24) is 24.6 Å². The Morgan fingerprint density at radius 1 is 0.613 bits per heavy atom. The van der Waals surface area contributed by atoms with Gasteiger partial charge in [0.05, 0.1) is 22.2 Å². The quantitative estimate of drug-likeness (QED) is 0.0620. The summed E-state index contributed by atoms with van der Waals surface area (Å²) in [7, 11) is 0. The van der Waals surface area contributed by atoms with Crippen LogP contribution >= 0.6 is 0 Å². The summed E-state index contributed by atoms with van der Waals surface area (Å²) in [4.78, 5) is 70.2. The van der Waals surface area contributed by atoms with E-state index in [-0.39, 0.29) is 43.6 Å². The number of nitrogens with one attached hydrogen (secondary N) is 1. The number of benzene rings is 4.